The molecule has 0 saturated carbocycles. The fourth-order valence-electron chi connectivity index (χ4n) is 3.38. The number of carboxylic acids is 1. The number of rotatable bonds is 5. The third-order valence-corrected chi connectivity index (χ3v) is 4.51. The minimum Gasteiger partial charge on any atom is -0.507 e. The zero-order valence-electron chi connectivity index (χ0n) is 13.7. The van der Waals surface area contributed by atoms with Crippen LogP contribution in [0.3, 0.4) is 0 Å². The van der Waals surface area contributed by atoms with Crippen LogP contribution in [0.5, 0.6) is 11.5 Å². The molecule has 0 spiro atoms. The van der Waals surface area contributed by atoms with Crippen LogP contribution in [0.4, 0.5) is 0 Å². The Morgan fingerprint density at radius 1 is 1.30 bits per heavy atom. The van der Waals surface area contributed by atoms with Crippen molar-refractivity contribution < 1.29 is 20.1 Å². The number of allylic oxidation sites excluding steroid dienone is 2. The molecule has 1 aromatic carbocycles. The first-order valence-electron chi connectivity index (χ1n) is 7.99. The standard InChI is InChI=1S/C19H24O4/c1-4-5-12-8-16(20)18(17(21)9-12)15-10-13(19(22)23)6-7-14(15)11(2)3/h8-10,14-15,20-21H,2,4-7H2,1,3H3,(H,22,23)/t14-,15+/m0/s1. The Labute approximate surface area is 136 Å². The summed E-state index contributed by atoms with van der Waals surface area (Å²) < 4.78 is 0. The number of benzene rings is 1. The van der Waals surface area contributed by atoms with Gasteiger partial charge in [0.2, 0.25) is 0 Å². The zero-order chi connectivity index (χ0) is 17.1. The van der Waals surface area contributed by atoms with Crippen molar-refractivity contribution >= 4 is 5.97 Å². The van der Waals surface area contributed by atoms with E-state index in [4.69, 9.17) is 0 Å². The first-order valence-corrected chi connectivity index (χ1v) is 7.99. The smallest absolute Gasteiger partial charge is 0.331 e. The first kappa shape index (κ1) is 17.1. The monoisotopic (exact) mass is 316 g/mol. The summed E-state index contributed by atoms with van der Waals surface area (Å²) >= 11 is 0. The third kappa shape index (κ3) is 3.58. The molecule has 4 heteroatoms. The predicted molar refractivity (Wildman–Crippen MR) is 89.8 cm³/mol. The predicted octanol–water partition coefficient (Wildman–Crippen LogP) is 4.13. The molecular formula is C19H24O4. The number of phenolic OH excluding ortho intramolecular Hbond substituents is 2. The van der Waals surface area contributed by atoms with Crippen molar-refractivity contribution in [1.29, 1.82) is 0 Å². The van der Waals surface area contributed by atoms with Crippen LogP contribution < -0.4 is 0 Å². The molecule has 1 aliphatic carbocycles. The molecule has 2 rings (SSSR count). The summed E-state index contributed by atoms with van der Waals surface area (Å²) in [4.78, 5) is 11.3. The second-order valence-corrected chi connectivity index (χ2v) is 6.31. The summed E-state index contributed by atoms with van der Waals surface area (Å²) in [5.41, 5.74) is 2.52. The maximum Gasteiger partial charge on any atom is 0.331 e. The fourth-order valence-corrected chi connectivity index (χ4v) is 3.38. The Morgan fingerprint density at radius 3 is 2.39 bits per heavy atom. The van der Waals surface area contributed by atoms with E-state index < -0.39 is 5.97 Å². The zero-order valence-corrected chi connectivity index (χ0v) is 13.7. The van der Waals surface area contributed by atoms with Gasteiger partial charge in [-0.25, -0.2) is 4.79 Å². The average molecular weight is 316 g/mol. The van der Waals surface area contributed by atoms with Gasteiger partial charge in [0.05, 0.1) is 0 Å². The van der Waals surface area contributed by atoms with Gasteiger partial charge in [-0.2, -0.15) is 0 Å². The molecule has 0 amide bonds. The molecule has 4 nitrogen and oxygen atoms in total. The highest BCUT2D eigenvalue weighted by Crippen LogP contribution is 2.46. The quantitative estimate of drug-likeness (QED) is 0.714. The van der Waals surface area contributed by atoms with E-state index in [2.05, 4.69) is 6.58 Å². The summed E-state index contributed by atoms with van der Waals surface area (Å²) in [6, 6.07) is 3.33. The van der Waals surface area contributed by atoms with Crippen molar-refractivity contribution in [3.05, 3.63) is 47.1 Å². The minimum absolute atomic E-state index is 0.00641. The van der Waals surface area contributed by atoms with E-state index in [0.717, 1.165) is 24.0 Å². The molecular weight excluding hydrogens is 292 g/mol. The van der Waals surface area contributed by atoms with Crippen molar-refractivity contribution in [2.24, 2.45) is 5.92 Å². The lowest BCUT2D eigenvalue weighted by atomic mass is 9.73. The fraction of sp³-hybridized carbons (Fsp3) is 0.421. The molecule has 0 aliphatic heterocycles. The van der Waals surface area contributed by atoms with Gasteiger partial charge in [0.25, 0.3) is 0 Å². The minimum atomic E-state index is -0.947. The number of aryl methyl sites for hydroxylation is 1. The van der Waals surface area contributed by atoms with E-state index >= 15 is 0 Å². The SMILES string of the molecule is C=C(C)[C@@H]1CCC(C(=O)O)=C[C@H]1c1c(O)cc(CCC)cc1O. The maximum atomic E-state index is 11.3. The molecule has 0 unspecified atom stereocenters. The van der Waals surface area contributed by atoms with Gasteiger partial charge < -0.3 is 15.3 Å². The number of carbonyl (C=O) groups is 1. The van der Waals surface area contributed by atoms with E-state index in [0.29, 0.717) is 24.0 Å². The van der Waals surface area contributed by atoms with E-state index in [-0.39, 0.29) is 23.3 Å². The maximum absolute atomic E-state index is 11.3. The van der Waals surface area contributed by atoms with Gasteiger partial charge in [0.1, 0.15) is 11.5 Å². The molecule has 1 aromatic rings. The summed E-state index contributed by atoms with van der Waals surface area (Å²) in [5, 5.41) is 30.1. The van der Waals surface area contributed by atoms with Gasteiger partial charge in [-0.05, 0) is 49.8 Å². The van der Waals surface area contributed by atoms with Crippen molar-refractivity contribution in [3.8, 4) is 11.5 Å². The van der Waals surface area contributed by atoms with Crippen LogP contribution in [0, 0.1) is 5.92 Å². The Bertz CT molecular complexity index is 634. The number of hydrogen-bond donors (Lipinski definition) is 3. The first-order chi connectivity index (χ1) is 10.8. The van der Waals surface area contributed by atoms with Crippen LogP contribution in [-0.4, -0.2) is 21.3 Å². The van der Waals surface area contributed by atoms with Crippen LogP contribution in [-0.2, 0) is 11.2 Å². The van der Waals surface area contributed by atoms with Gasteiger partial charge in [-0.15, -0.1) is 0 Å². The molecule has 0 bridgehead atoms. The van der Waals surface area contributed by atoms with Crippen molar-refractivity contribution in [2.75, 3.05) is 0 Å². The van der Waals surface area contributed by atoms with Gasteiger partial charge in [0.15, 0.2) is 0 Å². The Kier molecular flexibility index (Phi) is 5.14. The van der Waals surface area contributed by atoms with E-state index in [1.165, 1.54) is 0 Å². The van der Waals surface area contributed by atoms with Crippen LogP contribution in [0.25, 0.3) is 0 Å². The van der Waals surface area contributed by atoms with E-state index in [1.54, 1.807) is 18.2 Å². The van der Waals surface area contributed by atoms with Crippen LogP contribution in [0.15, 0.2) is 35.9 Å². The molecule has 3 N–H and O–H groups in total. The summed E-state index contributed by atoms with van der Waals surface area (Å²) in [5.74, 6) is -1.27. The van der Waals surface area contributed by atoms with Crippen LogP contribution >= 0.6 is 0 Å². The van der Waals surface area contributed by atoms with E-state index in [9.17, 15) is 20.1 Å². The van der Waals surface area contributed by atoms with Gasteiger partial charge in [-0.3, -0.25) is 0 Å². The highest BCUT2D eigenvalue weighted by molar-refractivity contribution is 5.87. The molecule has 0 radical (unpaired) electrons. The van der Waals surface area contributed by atoms with Crippen molar-refractivity contribution in [1.82, 2.24) is 0 Å². The van der Waals surface area contributed by atoms with Gasteiger partial charge in [-0.1, -0.05) is 31.6 Å². The lowest BCUT2D eigenvalue weighted by molar-refractivity contribution is -0.133. The number of aromatic hydroxyl groups is 2. The normalized spacial score (nSPS) is 20.9. The summed E-state index contributed by atoms with van der Waals surface area (Å²) in [7, 11) is 0. The highest BCUT2D eigenvalue weighted by Gasteiger charge is 2.32. The molecule has 0 saturated heterocycles. The average Bonchev–Trinajstić information content (AvgIpc) is 2.46. The van der Waals surface area contributed by atoms with Crippen molar-refractivity contribution in [3.63, 3.8) is 0 Å². The highest BCUT2D eigenvalue weighted by atomic mass is 16.4. The molecule has 23 heavy (non-hydrogen) atoms. The van der Waals surface area contributed by atoms with Crippen LogP contribution in [0.1, 0.15) is 50.2 Å². The molecule has 0 heterocycles. The Morgan fingerprint density at radius 2 is 1.91 bits per heavy atom. The second kappa shape index (κ2) is 6.90. The summed E-state index contributed by atoms with van der Waals surface area (Å²) in [6.07, 6.45) is 4.46. The van der Waals surface area contributed by atoms with Gasteiger partial charge >= 0.3 is 5.97 Å². The van der Waals surface area contributed by atoms with E-state index in [1.807, 2.05) is 13.8 Å². The van der Waals surface area contributed by atoms with Crippen molar-refractivity contribution in [2.45, 2.75) is 45.4 Å². The lowest BCUT2D eigenvalue weighted by Crippen LogP contribution is -2.20. The number of aliphatic carboxylic acids is 1. The van der Waals surface area contributed by atoms with Crippen LogP contribution in [0.2, 0.25) is 0 Å². The molecule has 124 valence electrons. The number of phenols is 2. The van der Waals surface area contributed by atoms with Gasteiger partial charge in [0, 0.05) is 17.1 Å². The largest absolute Gasteiger partial charge is 0.507 e. The molecule has 1 aliphatic rings. The molecule has 0 fully saturated rings. The third-order valence-electron chi connectivity index (χ3n) is 4.51. The Hall–Kier alpha value is -2.23. The number of hydrogen-bond acceptors (Lipinski definition) is 3. The second-order valence-electron chi connectivity index (χ2n) is 6.31. The molecule has 2 atom stereocenters. The Balaban J connectivity index is 2.53. The number of carboxylic acid groups (broad SMARTS) is 1. The topological polar surface area (TPSA) is 77.8 Å². The molecule has 0 aromatic heterocycles. The lowest BCUT2D eigenvalue weighted by Gasteiger charge is -2.31. The summed E-state index contributed by atoms with van der Waals surface area (Å²) in [6.45, 7) is 7.92.